The average molecular weight is 395 g/mol. The van der Waals surface area contributed by atoms with Crippen LogP contribution in [0, 0.1) is 40.4 Å². The molecule has 0 N–H and O–H groups in total. The second-order valence-corrected chi connectivity index (χ2v) is 12.1. The van der Waals surface area contributed by atoms with Crippen molar-refractivity contribution in [1.29, 1.82) is 0 Å². The summed E-state index contributed by atoms with van der Waals surface area (Å²) in [4.78, 5) is 0. The molecule has 0 amide bonds. The fraction of sp³-hybridized carbons (Fsp3) is 0.793. The van der Waals surface area contributed by atoms with Crippen LogP contribution in [-0.4, -0.2) is 0 Å². The molecule has 0 spiro atoms. The van der Waals surface area contributed by atoms with Gasteiger partial charge in [-0.15, -0.1) is 0 Å². The summed E-state index contributed by atoms with van der Waals surface area (Å²) in [6.07, 6.45) is 15.1. The molecule has 162 valence electrons. The van der Waals surface area contributed by atoms with Gasteiger partial charge in [0.2, 0.25) is 0 Å². The Morgan fingerprint density at radius 1 is 1.00 bits per heavy atom. The minimum atomic E-state index is 0.485. The first-order valence-electron chi connectivity index (χ1n) is 12.8. The fourth-order valence-electron chi connectivity index (χ4n) is 8.45. The third-order valence-electron chi connectivity index (χ3n) is 10.4. The van der Waals surface area contributed by atoms with Gasteiger partial charge in [-0.25, -0.2) is 0 Å². The summed E-state index contributed by atoms with van der Waals surface area (Å²) in [6.45, 7) is 21.3. The molecule has 0 bridgehead atoms. The first-order chi connectivity index (χ1) is 13.7. The predicted molar refractivity (Wildman–Crippen MR) is 127 cm³/mol. The first-order valence-corrected chi connectivity index (χ1v) is 12.8. The molecular weight excluding hydrogens is 348 g/mol. The Hall–Kier alpha value is -0.780. The van der Waals surface area contributed by atoms with Crippen LogP contribution in [0.2, 0.25) is 0 Å². The summed E-state index contributed by atoms with van der Waals surface area (Å²) < 4.78 is 0. The minimum absolute atomic E-state index is 0.485. The molecule has 0 aromatic rings. The Kier molecular flexibility index (Phi) is 5.71. The van der Waals surface area contributed by atoms with Crippen LogP contribution in [0.25, 0.3) is 0 Å². The van der Waals surface area contributed by atoms with Gasteiger partial charge in [0.1, 0.15) is 0 Å². The molecule has 4 aliphatic carbocycles. The number of rotatable bonds is 5. The molecule has 0 saturated heterocycles. The van der Waals surface area contributed by atoms with Gasteiger partial charge in [0.25, 0.3) is 0 Å². The number of hydrogen-bond acceptors (Lipinski definition) is 0. The summed E-state index contributed by atoms with van der Waals surface area (Å²) in [6, 6.07) is 0. The average Bonchev–Trinajstić information content (AvgIpc) is 3.03. The maximum Gasteiger partial charge on any atom is -0.00825 e. The van der Waals surface area contributed by atoms with Crippen molar-refractivity contribution in [2.45, 2.75) is 105 Å². The van der Waals surface area contributed by atoms with E-state index in [1.54, 1.807) is 5.57 Å². The maximum absolute atomic E-state index is 4.52. The van der Waals surface area contributed by atoms with Crippen LogP contribution in [0.5, 0.6) is 0 Å². The van der Waals surface area contributed by atoms with E-state index in [1.165, 1.54) is 76.2 Å². The van der Waals surface area contributed by atoms with Gasteiger partial charge in [-0.2, -0.15) is 0 Å². The largest absolute Gasteiger partial charge is 0.0996 e. The van der Waals surface area contributed by atoms with Gasteiger partial charge < -0.3 is 0 Å². The first kappa shape index (κ1) is 21.5. The van der Waals surface area contributed by atoms with Crippen molar-refractivity contribution in [3.63, 3.8) is 0 Å². The van der Waals surface area contributed by atoms with Crippen molar-refractivity contribution in [2.75, 3.05) is 0 Å². The summed E-state index contributed by atoms with van der Waals surface area (Å²) in [5.41, 5.74) is 7.90. The Morgan fingerprint density at radius 3 is 2.48 bits per heavy atom. The SMILES string of the molecule is C=C(CC[C@@H](C)[C@H]1CCC2=C3CC[C@H]4C(=C)CCC[C@]4(C)[C@H]3CC[C@@]21C)C(C)C. The standard InChI is InChI=1S/C29H46/c1-19(2)20(3)10-11-22(5)25-14-15-26-23-12-13-24-21(4)9-8-17-28(24,6)27(23)16-18-29(25,26)7/h19,22,24-25,27H,3-4,8-18H2,1-2,5-7H3/t22-,24+,25-,27+,28+,29-/m1/s1. The maximum atomic E-state index is 4.52. The van der Waals surface area contributed by atoms with Crippen molar-refractivity contribution in [1.82, 2.24) is 0 Å². The van der Waals surface area contributed by atoms with Gasteiger partial charge in [0, 0.05) is 0 Å². The lowest BCUT2D eigenvalue weighted by Crippen LogP contribution is -2.46. The molecule has 0 unspecified atom stereocenters. The van der Waals surface area contributed by atoms with Gasteiger partial charge in [-0.05, 0) is 111 Å². The highest BCUT2D eigenvalue weighted by Gasteiger charge is 2.55. The molecule has 0 aliphatic heterocycles. The van der Waals surface area contributed by atoms with Crippen molar-refractivity contribution < 1.29 is 0 Å². The summed E-state index contributed by atoms with van der Waals surface area (Å²) >= 11 is 0. The molecule has 4 aliphatic rings. The fourth-order valence-corrected chi connectivity index (χ4v) is 8.45. The van der Waals surface area contributed by atoms with Crippen molar-refractivity contribution in [3.8, 4) is 0 Å². The zero-order chi connectivity index (χ0) is 21.0. The minimum Gasteiger partial charge on any atom is -0.0996 e. The summed E-state index contributed by atoms with van der Waals surface area (Å²) in [5.74, 6) is 4.00. The van der Waals surface area contributed by atoms with E-state index in [1.807, 2.05) is 11.1 Å². The molecule has 4 rings (SSSR count). The van der Waals surface area contributed by atoms with Gasteiger partial charge in [0.15, 0.2) is 0 Å². The van der Waals surface area contributed by atoms with Gasteiger partial charge >= 0.3 is 0 Å². The van der Waals surface area contributed by atoms with E-state index in [0.29, 0.717) is 16.7 Å². The number of hydrogen-bond donors (Lipinski definition) is 0. The van der Waals surface area contributed by atoms with Crippen molar-refractivity contribution in [3.05, 3.63) is 35.5 Å². The highest BCUT2D eigenvalue weighted by atomic mass is 14.6. The topological polar surface area (TPSA) is 0 Å². The molecule has 6 atom stereocenters. The van der Waals surface area contributed by atoms with E-state index < -0.39 is 0 Å². The number of fused-ring (bicyclic) bond motifs is 4. The molecular formula is C29H46. The van der Waals surface area contributed by atoms with E-state index >= 15 is 0 Å². The molecule has 0 heteroatoms. The molecule has 0 aromatic carbocycles. The molecule has 0 aromatic heterocycles. The lowest BCUT2D eigenvalue weighted by Gasteiger charge is -2.56. The Bertz CT molecular complexity index is 706. The van der Waals surface area contributed by atoms with Crippen LogP contribution in [0.15, 0.2) is 35.5 Å². The summed E-state index contributed by atoms with van der Waals surface area (Å²) in [7, 11) is 0. The number of allylic oxidation sites excluding steroid dienone is 4. The quantitative estimate of drug-likeness (QED) is 0.408. The second-order valence-electron chi connectivity index (χ2n) is 12.1. The third-order valence-corrected chi connectivity index (χ3v) is 10.4. The van der Waals surface area contributed by atoms with Crippen LogP contribution in [0.3, 0.4) is 0 Å². The van der Waals surface area contributed by atoms with E-state index in [0.717, 1.165) is 23.7 Å². The van der Waals surface area contributed by atoms with Crippen LogP contribution in [-0.2, 0) is 0 Å². The molecule has 0 radical (unpaired) electrons. The van der Waals surface area contributed by atoms with Crippen LogP contribution < -0.4 is 0 Å². The zero-order valence-electron chi connectivity index (χ0n) is 20.1. The van der Waals surface area contributed by atoms with E-state index in [-0.39, 0.29) is 0 Å². The molecule has 3 fully saturated rings. The van der Waals surface area contributed by atoms with Crippen molar-refractivity contribution >= 4 is 0 Å². The molecule has 0 heterocycles. The van der Waals surface area contributed by atoms with Crippen LogP contribution >= 0.6 is 0 Å². The Balaban J connectivity index is 1.56. The third kappa shape index (κ3) is 3.41. The summed E-state index contributed by atoms with van der Waals surface area (Å²) in [5, 5.41) is 0. The van der Waals surface area contributed by atoms with Crippen LogP contribution in [0.4, 0.5) is 0 Å². The highest BCUT2D eigenvalue weighted by Crippen LogP contribution is 2.66. The van der Waals surface area contributed by atoms with Gasteiger partial charge in [-0.1, -0.05) is 70.1 Å². The smallest absolute Gasteiger partial charge is 0.00825 e. The lowest BCUT2D eigenvalue weighted by molar-refractivity contribution is 0.0364. The normalized spacial score (nSPS) is 40.5. The van der Waals surface area contributed by atoms with E-state index in [9.17, 15) is 0 Å². The zero-order valence-corrected chi connectivity index (χ0v) is 20.1. The van der Waals surface area contributed by atoms with E-state index in [4.69, 9.17) is 0 Å². The lowest BCUT2D eigenvalue weighted by atomic mass is 9.48. The second kappa shape index (κ2) is 7.72. The van der Waals surface area contributed by atoms with Gasteiger partial charge in [0.05, 0.1) is 0 Å². The Morgan fingerprint density at radius 2 is 1.76 bits per heavy atom. The molecule has 29 heavy (non-hydrogen) atoms. The molecule has 0 nitrogen and oxygen atoms in total. The van der Waals surface area contributed by atoms with Crippen molar-refractivity contribution in [2.24, 2.45) is 40.4 Å². The van der Waals surface area contributed by atoms with E-state index in [2.05, 4.69) is 47.8 Å². The highest BCUT2D eigenvalue weighted by molar-refractivity contribution is 5.36. The van der Waals surface area contributed by atoms with Crippen LogP contribution in [0.1, 0.15) is 105 Å². The Labute approximate surface area is 181 Å². The van der Waals surface area contributed by atoms with Gasteiger partial charge in [-0.3, -0.25) is 0 Å². The molecule has 3 saturated carbocycles. The predicted octanol–water partition coefficient (Wildman–Crippen LogP) is 8.89. The monoisotopic (exact) mass is 394 g/mol.